The zero-order chi connectivity index (χ0) is 5.70. The molecule has 0 spiro atoms. The van der Waals surface area contributed by atoms with Crippen molar-refractivity contribution in [1.82, 2.24) is 0 Å². The van der Waals surface area contributed by atoms with Gasteiger partial charge in [-0.05, 0) is 13.3 Å². The number of hydrogen-bond donors (Lipinski definition) is 0. The van der Waals surface area contributed by atoms with E-state index in [0.717, 1.165) is 13.0 Å². The van der Waals surface area contributed by atoms with Crippen LogP contribution in [0.1, 0.15) is 20.3 Å². The van der Waals surface area contributed by atoms with Gasteiger partial charge in [0.15, 0.2) is 0 Å². The summed E-state index contributed by atoms with van der Waals surface area (Å²) in [6.07, 6.45) is 1.04. The van der Waals surface area contributed by atoms with Gasteiger partial charge in [-0.2, -0.15) is 0 Å². The summed E-state index contributed by atoms with van der Waals surface area (Å²) in [6.45, 7) is 4.64. The van der Waals surface area contributed by atoms with E-state index in [-0.39, 0.29) is 5.56 Å². The smallest absolute Gasteiger partial charge is 0.128 e. The largest absolute Gasteiger partial charge is 0.363 e. The lowest BCUT2D eigenvalue weighted by Crippen LogP contribution is -1.98. The molecule has 0 amide bonds. The van der Waals surface area contributed by atoms with Gasteiger partial charge in [0.05, 0.1) is 0 Å². The van der Waals surface area contributed by atoms with Crippen molar-refractivity contribution < 1.29 is 4.74 Å². The molecule has 0 aliphatic rings. The highest BCUT2D eigenvalue weighted by atomic mass is 35.5. The minimum atomic E-state index is -0.125. The van der Waals surface area contributed by atoms with Crippen LogP contribution in [0.5, 0.6) is 0 Å². The normalized spacial score (nSPS) is 14.1. The lowest BCUT2D eigenvalue weighted by atomic mass is 10.5. The van der Waals surface area contributed by atoms with Gasteiger partial charge in [0.25, 0.3) is 0 Å². The topological polar surface area (TPSA) is 9.23 Å². The van der Waals surface area contributed by atoms with Crippen LogP contribution in [0.3, 0.4) is 0 Å². The summed E-state index contributed by atoms with van der Waals surface area (Å²) in [5, 5.41) is 0. The average Bonchev–Trinajstić information content (AvgIpc) is 1.61. The van der Waals surface area contributed by atoms with Gasteiger partial charge < -0.3 is 4.74 Å². The second-order valence-electron chi connectivity index (χ2n) is 1.41. The Labute approximate surface area is 49.6 Å². The summed E-state index contributed by atoms with van der Waals surface area (Å²) in [4.78, 5) is 0. The van der Waals surface area contributed by atoms with Crippen LogP contribution in [0.25, 0.3) is 0 Å². The highest BCUT2D eigenvalue weighted by molar-refractivity contribution is 6.19. The number of ether oxygens (including phenoxy) is 1. The zero-order valence-corrected chi connectivity index (χ0v) is 5.53. The zero-order valence-electron chi connectivity index (χ0n) is 4.78. The molecule has 0 saturated carbocycles. The Hall–Kier alpha value is 0.250. The third kappa shape index (κ3) is 6.25. The third-order valence-corrected chi connectivity index (χ3v) is 0.678. The molecule has 2 heteroatoms. The first-order chi connectivity index (χ1) is 3.27. The molecule has 1 atom stereocenters. The molecule has 0 fully saturated rings. The van der Waals surface area contributed by atoms with Crippen LogP contribution in [0.4, 0.5) is 0 Å². The van der Waals surface area contributed by atoms with Crippen LogP contribution in [0.2, 0.25) is 0 Å². The summed E-state index contributed by atoms with van der Waals surface area (Å²) in [6, 6.07) is 0. The van der Waals surface area contributed by atoms with Crippen molar-refractivity contribution in [3.05, 3.63) is 0 Å². The maximum Gasteiger partial charge on any atom is 0.128 e. The minimum Gasteiger partial charge on any atom is -0.363 e. The Morgan fingerprint density at radius 3 is 2.43 bits per heavy atom. The molecule has 0 saturated heterocycles. The van der Waals surface area contributed by atoms with Crippen LogP contribution >= 0.6 is 11.6 Å². The van der Waals surface area contributed by atoms with Gasteiger partial charge in [-0.25, -0.2) is 0 Å². The van der Waals surface area contributed by atoms with Crippen molar-refractivity contribution in [1.29, 1.82) is 0 Å². The van der Waals surface area contributed by atoms with Gasteiger partial charge in [0, 0.05) is 6.61 Å². The predicted molar refractivity (Wildman–Crippen MR) is 31.6 cm³/mol. The molecule has 0 N–H and O–H groups in total. The lowest BCUT2D eigenvalue weighted by molar-refractivity contribution is 0.120. The van der Waals surface area contributed by atoms with E-state index in [1.54, 1.807) is 0 Å². The summed E-state index contributed by atoms with van der Waals surface area (Å²) < 4.78 is 4.96. The number of halogens is 1. The Morgan fingerprint density at radius 2 is 2.29 bits per heavy atom. The van der Waals surface area contributed by atoms with Crippen molar-refractivity contribution in [3.8, 4) is 0 Å². The summed E-state index contributed by atoms with van der Waals surface area (Å²) in [5.74, 6) is 0. The molecule has 7 heavy (non-hydrogen) atoms. The molecule has 0 rings (SSSR count). The first-order valence-electron chi connectivity index (χ1n) is 2.53. The number of rotatable bonds is 3. The van der Waals surface area contributed by atoms with E-state index >= 15 is 0 Å². The Morgan fingerprint density at radius 1 is 1.71 bits per heavy atom. The highest BCUT2D eigenvalue weighted by Crippen LogP contribution is 1.94. The van der Waals surface area contributed by atoms with Crippen molar-refractivity contribution in [2.24, 2.45) is 0 Å². The SMILES string of the molecule is CCCOC(C)Cl. The van der Waals surface area contributed by atoms with Gasteiger partial charge in [0.1, 0.15) is 5.56 Å². The predicted octanol–water partition coefficient (Wildman–Crippen LogP) is 2.00. The van der Waals surface area contributed by atoms with E-state index in [9.17, 15) is 0 Å². The van der Waals surface area contributed by atoms with E-state index in [1.165, 1.54) is 0 Å². The fourth-order valence-corrected chi connectivity index (χ4v) is 0.369. The standard InChI is InChI=1S/C5H11ClO/c1-3-4-7-5(2)6/h5H,3-4H2,1-2H3. The summed E-state index contributed by atoms with van der Waals surface area (Å²) in [7, 11) is 0. The number of hydrogen-bond acceptors (Lipinski definition) is 1. The molecule has 1 unspecified atom stereocenters. The lowest BCUT2D eigenvalue weighted by Gasteiger charge is -2.00. The highest BCUT2D eigenvalue weighted by Gasteiger charge is 1.89. The Balaban J connectivity index is 2.68. The van der Waals surface area contributed by atoms with Gasteiger partial charge in [-0.15, -0.1) is 0 Å². The van der Waals surface area contributed by atoms with E-state index < -0.39 is 0 Å². The van der Waals surface area contributed by atoms with Crippen LogP contribution in [0, 0.1) is 0 Å². The Kier molecular flexibility index (Phi) is 4.57. The fourth-order valence-electron chi connectivity index (χ4n) is 0.280. The first kappa shape index (κ1) is 7.25. The molecule has 0 aromatic carbocycles. The molecule has 0 aromatic rings. The average molecular weight is 123 g/mol. The van der Waals surface area contributed by atoms with Gasteiger partial charge in [-0.3, -0.25) is 0 Å². The quantitative estimate of drug-likeness (QED) is 0.521. The van der Waals surface area contributed by atoms with Crippen LogP contribution in [0.15, 0.2) is 0 Å². The van der Waals surface area contributed by atoms with E-state index in [0.29, 0.717) is 0 Å². The van der Waals surface area contributed by atoms with E-state index in [1.807, 2.05) is 6.92 Å². The maximum atomic E-state index is 5.43. The summed E-state index contributed by atoms with van der Waals surface area (Å²) >= 11 is 5.43. The molecule has 44 valence electrons. The van der Waals surface area contributed by atoms with Crippen molar-refractivity contribution in [3.63, 3.8) is 0 Å². The molecule has 0 aliphatic heterocycles. The van der Waals surface area contributed by atoms with Crippen molar-refractivity contribution >= 4 is 11.6 Å². The van der Waals surface area contributed by atoms with Crippen LogP contribution < -0.4 is 0 Å². The molecule has 0 bridgehead atoms. The van der Waals surface area contributed by atoms with E-state index in [2.05, 4.69) is 6.92 Å². The minimum absolute atomic E-state index is 0.125. The second kappa shape index (κ2) is 4.41. The van der Waals surface area contributed by atoms with Crippen LogP contribution in [-0.2, 0) is 4.74 Å². The summed E-state index contributed by atoms with van der Waals surface area (Å²) in [5.41, 5.74) is -0.125. The maximum absolute atomic E-state index is 5.43. The van der Waals surface area contributed by atoms with Gasteiger partial charge >= 0.3 is 0 Å². The van der Waals surface area contributed by atoms with E-state index in [4.69, 9.17) is 16.3 Å². The molecule has 0 radical (unpaired) electrons. The molecule has 1 nitrogen and oxygen atoms in total. The first-order valence-corrected chi connectivity index (χ1v) is 2.96. The molecule has 0 aromatic heterocycles. The molecule has 0 heterocycles. The third-order valence-electron chi connectivity index (χ3n) is 0.552. The Bertz CT molecular complexity index is 37.1. The van der Waals surface area contributed by atoms with Crippen molar-refractivity contribution in [2.45, 2.75) is 25.8 Å². The molecular weight excluding hydrogens is 112 g/mol. The van der Waals surface area contributed by atoms with Gasteiger partial charge in [0.2, 0.25) is 0 Å². The van der Waals surface area contributed by atoms with Crippen LogP contribution in [-0.4, -0.2) is 12.2 Å². The number of alkyl halides is 1. The van der Waals surface area contributed by atoms with Crippen molar-refractivity contribution in [2.75, 3.05) is 6.61 Å². The van der Waals surface area contributed by atoms with Gasteiger partial charge in [-0.1, -0.05) is 18.5 Å². The monoisotopic (exact) mass is 122 g/mol. The molecular formula is C5H11ClO. The molecule has 0 aliphatic carbocycles. The fraction of sp³-hybridized carbons (Fsp3) is 1.00. The second-order valence-corrected chi connectivity index (χ2v) is 2.03.